The molecule has 0 aliphatic rings. The number of carbonyl (C=O) groups is 1. The third-order valence-electron chi connectivity index (χ3n) is 3.15. The second-order valence-electron chi connectivity index (χ2n) is 4.45. The van der Waals surface area contributed by atoms with Crippen LogP contribution in [0.2, 0.25) is 0 Å². The number of phenolic OH excluding ortho intramolecular Hbond substituents is 1. The SMILES string of the molecule is COc1ccc(C(C=O)c2ccc(C)cc2)c(O)c1. The summed E-state index contributed by atoms with van der Waals surface area (Å²) in [6, 6.07) is 12.7. The van der Waals surface area contributed by atoms with Gasteiger partial charge in [-0.15, -0.1) is 0 Å². The Morgan fingerprint density at radius 2 is 1.84 bits per heavy atom. The molecule has 2 aromatic rings. The topological polar surface area (TPSA) is 46.5 Å². The number of methoxy groups -OCH3 is 1. The van der Waals surface area contributed by atoms with Crippen LogP contribution in [0.4, 0.5) is 0 Å². The van der Waals surface area contributed by atoms with Gasteiger partial charge < -0.3 is 14.6 Å². The van der Waals surface area contributed by atoms with Crippen LogP contribution < -0.4 is 4.74 Å². The molecule has 98 valence electrons. The Balaban J connectivity index is 2.42. The molecule has 0 saturated heterocycles. The van der Waals surface area contributed by atoms with E-state index in [2.05, 4.69) is 0 Å². The van der Waals surface area contributed by atoms with Crippen molar-refractivity contribution in [2.24, 2.45) is 0 Å². The van der Waals surface area contributed by atoms with Crippen molar-refractivity contribution in [1.82, 2.24) is 0 Å². The zero-order valence-corrected chi connectivity index (χ0v) is 11.0. The van der Waals surface area contributed by atoms with Crippen molar-refractivity contribution in [3.63, 3.8) is 0 Å². The molecule has 0 heterocycles. The van der Waals surface area contributed by atoms with E-state index in [1.807, 2.05) is 31.2 Å². The van der Waals surface area contributed by atoms with Crippen molar-refractivity contribution in [3.8, 4) is 11.5 Å². The second-order valence-corrected chi connectivity index (χ2v) is 4.45. The lowest BCUT2D eigenvalue weighted by molar-refractivity contribution is -0.108. The number of carbonyl (C=O) groups excluding carboxylic acids is 1. The Labute approximate surface area is 112 Å². The Morgan fingerprint density at radius 3 is 2.37 bits per heavy atom. The summed E-state index contributed by atoms with van der Waals surface area (Å²) < 4.78 is 5.04. The Morgan fingerprint density at radius 1 is 1.16 bits per heavy atom. The maximum Gasteiger partial charge on any atom is 0.131 e. The molecular weight excluding hydrogens is 240 g/mol. The van der Waals surface area contributed by atoms with Gasteiger partial charge in [0.15, 0.2) is 0 Å². The van der Waals surface area contributed by atoms with Gasteiger partial charge in [-0.1, -0.05) is 35.9 Å². The van der Waals surface area contributed by atoms with Crippen molar-refractivity contribution in [1.29, 1.82) is 0 Å². The summed E-state index contributed by atoms with van der Waals surface area (Å²) in [4.78, 5) is 11.4. The molecule has 0 aliphatic heterocycles. The molecule has 0 spiro atoms. The summed E-state index contributed by atoms with van der Waals surface area (Å²) in [5, 5.41) is 10.0. The lowest BCUT2D eigenvalue weighted by Crippen LogP contribution is -2.03. The lowest BCUT2D eigenvalue weighted by atomic mass is 9.91. The van der Waals surface area contributed by atoms with Gasteiger partial charge in [0.1, 0.15) is 17.8 Å². The van der Waals surface area contributed by atoms with E-state index in [0.29, 0.717) is 11.3 Å². The average Bonchev–Trinajstić information content (AvgIpc) is 2.43. The van der Waals surface area contributed by atoms with Crippen LogP contribution in [-0.4, -0.2) is 18.5 Å². The molecule has 0 fully saturated rings. The van der Waals surface area contributed by atoms with Gasteiger partial charge >= 0.3 is 0 Å². The normalized spacial score (nSPS) is 11.9. The molecule has 0 aromatic heterocycles. The van der Waals surface area contributed by atoms with Crippen LogP contribution in [0.1, 0.15) is 22.6 Å². The van der Waals surface area contributed by atoms with Gasteiger partial charge in [0, 0.05) is 11.6 Å². The summed E-state index contributed by atoms with van der Waals surface area (Å²) in [7, 11) is 1.53. The Kier molecular flexibility index (Phi) is 3.85. The molecule has 1 N–H and O–H groups in total. The second kappa shape index (κ2) is 5.57. The fraction of sp³-hybridized carbons (Fsp3) is 0.188. The minimum absolute atomic E-state index is 0.0667. The number of aryl methyl sites for hydroxylation is 1. The predicted molar refractivity (Wildman–Crippen MR) is 73.7 cm³/mol. The molecule has 0 bridgehead atoms. The highest BCUT2D eigenvalue weighted by Gasteiger charge is 2.17. The first kappa shape index (κ1) is 13.1. The van der Waals surface area contributed by atoms with Crippen LogP contribution in [-0.2, 0) is 4.79 Å². The van der Waals surface area contributed by atoms with Gasteiger partial charge in [-0.3, -0.25) is 0 Å². The van der Waals surface area contributed by atoms with Crippen LogP contribution >= 0.6 is 0 Å². The van der Waals surface area contributed by atoms with Crippen molar-refractivity contribution < 1.29 is 14.6 Å². The average molecular weight is 256 g/mol. The smallest absolute Gasteiger partial charge is 0.131 e. The molecular formula is C16H16O3. The number of hydrogen-bond donors (Lipinski definition) is 1. The zero-order valence-electron chi connectivity index (χ0n) is 11.0. The van der Waals surface area contributed by atoms with E-state index >= 15 is 0 Å². The first-order valence-corrected chi connectivity index (χ1v) is 6.04. The highest BCUT2D eigenvalue weighted by molar-refractivity contribution is 5.70. The van der Waals surface area contributed by atoms with Crippen molar-refractivity contribution >= 4 is 6.29 Å². The van der Waals surface area contributed by atoms with E-state index in [9.17, 15) is 9.90 Å². The first-order chi connectivity index (χ1) is 9.15. The van der Waals surface area contributed by atoms with Crippen LogP contribution in [0.5, 0.6) is 11.5 Å². The molecule has 1 atom stereocenters. The van der Waals surface area contributed by atoms with E-state index in [4.69, 9.17) is 4.74 Å². The molecule has 19 heavy (non-hydrogen) atoms. The minimum Gasteiger partial charge on any atom is -0.507 e. The van der Waals surface area contributed by atoms with Gasteiger partial charge in [0.2, 0.25) is 0 Å². The van der Waals surface area contributed by atoms with E-state index in [1.54, 1.807) is 12.1 Å². The number of rotatable bonds is 4. The third-order valence-corrected chi connectivity index (χ3v) is 3.15. The summed E-state index contributed by atoms with van der Waals surface area (Å²) in [5.41, 5.74) is 2.58. The number of hydrogen-bond acceptors (Lipinski definition) is 3. The van der Waals surface area contributed by atoms with Gasteiger partial charge in [-0.25, -0.2) is 0 Å². The van der Waals surface area contributed by atoms with Crippen molar-refractivity contribution in [2.45, 2.75) is 12.8 Å². The zero-order chi connectivity index (χ0) is 13.8. The van der Waals surface area contributed by atoms with Crippen LogP contribution in [0.15, 0.2) is 42.5 Å². The standard InChI is InChI=1S/C16H16O3/c1-11-3-5-12(6-4-11)15(10-17)14-8-7-13(19-2)9-16(14)18/h3-10,15,18H,1-2H3. The number of aldehydes is 1. The summed E-state index contributed by atoms with van der Waals surface area (Å²) >= 11 is 0. The summed E-state index contributed by atoms with van der Waals surface area (Å²) in [6.45, 7) is 1.99. The van der Waals surface area contributed by atoms with Gasteiger partial charge in [-0.2, -0.15) is 0 Å². The Hall–Kier alpha value is -2.29. The highest BCUT2D eigenvalue weighted by atomic mass is 16.5. The van der Waals surface area contributed by atoms with Crippen molar-refractivity contribution in [3.05, 3.63) is 59.2 Å². The van der Waals surface area contributed by atoms with Crippen LogP contribution in [0, 0.1) is 6.92 Å². The van der Waals surface area contributed by atoms with Crippen molar-refractivity contribution in [2.75, 3.05) is 7.11 Å². The largest absolute Gasteiger partial charge is 0.507 e. The molecule has 3 nitrogen and oxygen atoms in total. The molecule has 2 rings (SSSR count). The summed E-state index contributed by atoms with van der Waals surface area (Å²) in [5.74, 6) is 0.165. The number of aromatic hydroxyl groups is 1. The van der Waals surface area contributed by atoms with E-state index < -0.39 is 5.92 Å². The third kappa shape index (κ3) is 2.76. The quantitative estimate of drug-likeness (QED) is 0.855. The molecule has 0 aliphatic carbocycles. The maximum absolute atomic E-state index is 11.4. The fourth-order valence-corrected chi connectivity index (χ4v) is 2.02. The van der Waals surface area contributed by atoms with Crippen LogP contribution in [0.3, 0.4) is 0 Å². The van der Waals surface area contributed by atoms with E-state index in [-0.39, 0.29) is 5.75 Å². The number of phenols is 1. The predicted octanol–water partition coefficient (Wildman–Crippen LogP) is 3.04. The first-order valence-electron chi connectivity index (χ1n) is 6.04. The molecule has 3 heteroatoms. The van der Waals surface area contributed by atoms with E-state index in [0.717, 1.165) is 17.4 Å². The lowest BCUT2D eigenvalue weighted by Gasteiger charge is -2.14. The molecule has 1 unspecified atom stereocenters. The van der Waals surface area contributed by atoms with Gasteiger partial charge in [-0.05, 0) is 18.6 Å². The van der Waals surface area contributed by atoms with Crippen LogP contribution in [0.25, 0.3) is 0 Å². The van der Waals surface area contributed by atoms with Gasteiger partial charge in [0.05, 0.1) is 13.0 Å². The van der Waals surface area contributed by atoms with E-state index in [1.165, 1.54) is 13.2 Å². The highest BCUT2D eigenvalue weighted by Crippen LogP contribution is 2.32. The minimum atomic E-state index is -0.466. The molecule has 2 aromatic carbocycles. The fourth-order valence-electron chi connectivity index (χ4n) is 2.02. The summed E-state index contributed by atoms with van der Waals surface area (Å²) in [6.07, 6.45) is 0.839. The maximum atomic E-state index is 11.4. The number of ether oxygens (including phenoxy) is 1. The molecule has 0 radical (unpaired) electrons. The Bertz CT molecular complexity index is 573. The van der Waals surface area contributed by atoms with Gasteiger partial charge in [0.25, 0.3) is 0 Å². The molecule has 0 saturated carbocycles. The molecule has 0 amide bonds. The number of benzene rings is 2. The monoisotopic (exact) mass is 256 g/mol.